The third kappa shape index (κ3) is 3.95. The first-order valence-corrected chi connectivity index (χ1v) is 7.23. The third-order valence-corrected chi connectivity index (χ3v) is 3.80. The lowest BCUT2D eigenvalue weighted by Gasteiger charge is -2.19. The minimum atomic E-state index is -0.801. The zero-order chi connectivity index (χ0) is 15.4. The second-order valence-electron chi connectivity index (χ2n) is 4.28. The maximum absolute atomic E-state index is 13.3. The van der Waals surface area contributed by atoms with E-state index in [9.17, 15) is 9.18 Å². The molecule has 1 unspecified atom stereocenters. The highest BCUT2D eigenvalue weighted by molar-refractivity contribution is 9.10. The molecule has 0 saturated carbocycles. The Hall–Kier alpha value is -1.59. The summed E-state index contributed by atoms with van der Waals surface area (Å²) < 4.78 is 18.8. The van der Waals surface area contributed by atoms with E-state index in [1.165, 1.54) is 19.2 Å². The Labute approximate surface area is 135 Å². The fourth-order valence-corrected chi connectivity index (χ4v) is 2.52. The molecular formula is C15H12BrClFNO2. The van der Waals surface area contributed by atoms with Gasteiger partial charge in [-0.2, -0.15) is 0 Å². The number of rotatable bonds is 4. The minimum Gasteiger partial charge on any atom is -0.467 e. The molecule has 1 N–H and O–H groups in total. The van der Waals surface area contributed by atoms with E-state index in [-0.39, 0.29) is 0 Å². The molecule has 0 aliphatic carbocycles. The number of methoxy groups -OCH3 is 1. The van der Waals surface area contributed by atoms with Crippen molar-refractivity contribution in [1.29, 1.82) is 0 Å². The van der Waals surface area contributed by atoms with Gasteiger partial charge < -0.3 is 10.1 Å². The van der Waals surface area contributed by atoms with Gasteiger partial charge in [0.2, 0.25) is 0 Å². The van der Waals surface area contributed by atoms with Crippen molar-refractivity contribution in [3.63, 3.8) is 0 Å². The van der Waals surface area contributed by atoms with Crippen LogP contribution < -0.4 is 5.32 Å². The van der Waals surface area contributed by atoms with E-state index in [2.05, 4.69) is 21.2 Å². The van der Waals surface area contributed by atoms with E-state index in [1.807, 2.05) is 0 Å². The van der Waals surface area contributed by atoms with Crippen molar-refractivity contribution in [2.75, 3.05) is 12.4 Å². The van der Waals surface area contributed by atoms with Crippen LogP contribution in [0.15, 0.2) is 46.9 Å². The van der Waals surface area contributed by atoms with Crippen LogP contribution in [0.2, 0.25) is 5.02 Å². The first kappa shape index (κ1) is 15.8. The number of nitrogens with one attached hydrogen (secondary N) is 1. The number of carbonyl (C=O) groups excluding carboxylic acids is 1. The number of ether oxygens (including phenoxy) is 1. The van der Waals surface area contributed by atoms with Gasteiger partial charge in [0.05, 0.1) is 7.11 Å². The average molecular weight is 373 g/mol. The number of halogens is 3. The van der Waals surface area contributed by atoms with Gasteiger partial charge in [0.1, 0.15) is 5.82 Å². The van der Waals surface area contributed by atoms with Crippen LogP contribution in [0.3, 0.4) is 0 Å². The largest absolute Gasteiger partial charge is 0.467 e. The Balaban J connectivity index is 2.39. The Morgan fingerprint density at radius 2 is 2.10 bits per heavy atom. The summed E-state index contributed by atoms with van der Waals surface area (Å²) in [6.07, 6.45) is 0. The lowest BCUT2D eigenvalue weighted by molar-refractivity contribution is -0.141. The van der Waals surface area contributed by atoms with Crippen LogP contribution in [0.5, 0.6) is 0 Å². The molecule has 2 aromatic carbocycles. The standard InChI is InChI=1S/C15H12BrClFNO2/c1-21-15(20)14(12-7-9(17)5-6-13(12)16)19-11-4-2-3-10(18)8-11/h2-8,14,19H,1H3. The number of hydrogen-bond acceptors (Lipinski definition) is 3. The number of benzene rings is 2. The SMILES string of the molecule is COC(=O)C(Nc1cccc(F)c1)c1cc(Cl)ccc1Br. The molecule has 6 heteroatoms. The Morgan fingerprint density at radius 3 is 2.76 bits per heavy atom. The number of anilines is 1. The van der Waals surface area contributed by atoms with Gasteiger partial charge in [0.15, 0.2) is 6.04 Å². The monoisotopic (exact) mass is 371 g/mol. The predicted molar refractivity (Wildman–Crippen MR) is 83.9 cm³/mol. The topological polar surface area (TPSA) is 38.3 Å². The summed E-state index contributed by atoms with van der Waals surface area (Å²) in [5, 5.41) is 3.44. The molecule has 0 aromatic heterocycles. The maximum atomic E-state index is 13.3. The average Bonchev–Trinajstić information content (AvgIpc) is 2.47. The van der Waals surface area contributed by atoms with Crippen LogP contribution in [-0.4, -0.2) is 13.1 Å². The molecule has 0 radical (unpaired) electrons. The number of hydrogen-bond donors (Lipinski definition) is 1. The summed E-state index contributed by atoms with van der Waals surface area (Å²) in [6.45, 7) is 0. The lowest BCUT2D eigenvalue weighted by atomic mass is 10.1. The summed E-state index contributed by atoms with van der Waals surface area (Å²) in [4.78, 5) is 12.0. The van der Waals surface area contributed by atoms with Crippen molar-refractivity contribution in [2.45, 2.75) is 6.04 Å². The Kier molecular flexibility index (Phi) is 5.20. The molecule has 3 nitrogen and oxygen atoms in total. The van der Waals surface area contributed by atoms with Gasteiger partial charge >= 0.3 is 5.97 Å². The molecule has 0 saturated heterocycles. The van der Waals surface area contributed by atoms with Gasteiger partial charge in [-0.1, -0.05) is 33.6 Å². The first-order valence-electron chi connectivity index (χ1n) is 6.06. The molecule has 0 bridgehead atoms. The highest BCUT2D eigenvalue weighted by Crippen LogP contribution is 2.30. The van der Waals surface area contributed by atoms with Crippen LogP contribution in [0, 0.1) is 5.82 Å². The molecule has 2 aromatic rings. The highest BCUT2D eigenvalue weighted by Gasteiger charge is 2.24. The summed E-state index contributed by atoms with van der Waals surface area (Å²) in [5.74, 6) is -0.893. The van der Waals surface area contributed by atoms with Crippen molar-refractivity contribution in [2.24, 2.45) is 0 Å². The van der Waals surface area contributed by atoms with Crippen molar-refractivity contribution < 1.29 is 13.9 Å². The minimum absolute atomic E-state index is 0.395. The quantitative estimate of drug-likeness (QED) is 0.799. The van der Waals surface area contributed by atoms with E-state index >= 15 is 0 Å². The predicted octanol–water partition coefficient (Wildman–Crippen LogP) is 4.57. The molecule has 0 fully saturated rings. The molecule has 0 amide bonds. The van der Waals surface area contributed by atoms with Crippen LogP contribution in [0.4, 0.5) is 10.1 Å². The Morgan fingerprint density at radius 1 is 1.33 bits per heavy atom. The molecule has 21 heavy (non-hydrogen) atoms. The normalized spacial score (nSPS) is 11.8. The lowest BCUT2D eigenvalue weighted by Crippen LogP contribution is -2.22. The van der Waals surface area contributed by atoms with E-state index in [1.54, 1.807) is 30.3 Å². The van der Waals surface area contributed by atoms with Gasteiger partial charge in [-0.25, -0.2) is 9.18 Å². The van der Waals surface area contributed by atoms with Crippen LogP contribution in [-0.2, 0) is 9.53 Å². The summed E-state index contributed by atoms with van der Waals surface area (Å²) in [7, 11) is 1.29. The zero-order valence-electron chi connectivity index (χ0n) is 11.1. The van der Waals surface area contributed by atoms with E-state index < -0.39 is 17.8 Å². The van der Waals surface area contributed by atoms with Gasteiger partial charge in [-0.3, -0.25) is 0 Å². The second kappa shape index (κ2) is 6.91. The molecule has 0 spiro atoms. The summed E-state index contributed by atoms with van der Waals surface area (Å²) >= 11 is 9.35. The zero-order valence-corrected chi connectivity index (χ0v) is 13.4. The maximum Gasteiger partial charge on any atom is 0.333 e. The fourth-order valence-electron chi connectivity index (χ4n) is 1.86. The van der Waals surface area contributed by atoms with Gasteiger partial charge in [-0.15, -0.1) is 0 Å². The van der Waals surface area contributed by atoms with Crippen LogP contribution in [0.25, 0.3) is 0 Å². The fraction of sp³-hybridized carbons (Fsp3) is 0.133. The first-order chi connectivity index (χ1) is 10.0. The van der Waals surface area contributed by atoms with E-state index in [4.69, 9.17) is 16.3 Å². The van der Waals surface area contributed by atoms with Gasteiger partial charge in [0, 0.05) is 20.7 Å². The summed E-state index contributed by atoms with van der Waals surface area (Å²) in [6, 6.07) is 10.1. The highest BCUT2D eigenvalue weighted by atomic mass is 79.9. The second-order valence-corrected chi connectivity index (χ2v) is 5.57. The van der Waals surface area contributed by atoms with Crippen LogP contribution in [0.1, 0.15) is 11.6 Å². The van der Waals surface area contributed by atoms with E-state index in [0.29, 0.717) is 20.7 Å². The third-order valence-electron chi connectivity index (χ3n) is 2.84. The number of esters is 1. The Bertz CT molecular complexity index is 666. The molecule has 2 rings (SSSR count). The van der Waals surface area contributed by atoms with Crippen molar-refractivity contribution >= 4 is 39.2 Å². The molecule has 110 valence electrons. The molecular weight excluding hydrogens is 361 g/mol. The van der Waals surface area contributed by atoms with Gasteiger partial charge in [0.25, 0.3) is 0 Å². The molecule has 1 atom stereocenters. The molecule has 0 aliphatic rings. The van der Waals surface area contributed by atoms with Crippen molar-refractivity contribution in [3.05, 3.63) is 63.3 Å². The van der Waals surface area contributed by atoms with Crippen molar-refractivity contribution in [3.8, 4) is 0 Å². The molecule has 0 aliphatic heterocycles. The van der Waals surface area contributed by atoms with Gasteiger partial charge in [-0.05, 0) is 36.4 Å². The number of carbonyl (C=O) groups is 1. The van der Waals surface area contributed by atoms with Crippen molar-refractivity contribution in [1.82, 2.24) is 0 Å². The summed E-state index contributed by atoms with van der Waals surface area (Å²) in [5.41, 5.74) is 1.08. The smallest absolute Gasteiger partial charge is 0.333 e. The van der Waals surface area contributed by atoms with E-state index in [0.717, 1.165) is 0 Å². The van der Waals surface area contributed by atoms with Crippen LogP contribution >= 0.6 is 27.5 Å². The molecule has 0 heterocycles.